The van der Waals surface area contributed by atoms with Crippen LogP contribution >= 0.6 is 0 Å². The minimum Gasteiger partial charge on any atom is -0.462 e. The Bertz CT molecular complexity index is 451. The second-order valence-corrected chi connectivity index (χ2v) is 6.00. The number of carbonyl (C=O) groups is 2. The monoisotopic (exact) mass is 296 g/mol. The molecule has 0 aromatic heterocycles. The molecule has 0 N–H and O–H groups in total. The first-order valence-electron chi connectivity index (χ1n) is 7.33. The van der Waals surface area contributed by atoms with Gasteiger partial charge in [-0.2, -0.15) is 0 Å². The molecule has 3 aliphatic rings. The highest BCUT2D eigenvalue weighted by atomic mass is 16.6. The molecule has 2 aliphatic heterocycles. The summed E-state index contributed by atoms with van der Waals surface area (Å²) in [7, 11) is 0. The maximum absolute atomic E-state index is 12.4. The van der Waals surface area contributed by atoms with Crippen LogP contribution in [0.25, 0.3) is 0 Å². The Kier molecular flexibility index (Phi) is 3.99. The lowest BCUT2D eigenvalue weighted by molar-refractivity contribution is -0.167. The van der Waals surface area contributed by atoms with Crippen molar-refractivity contribution in [2.75, 3.05) is 26.4 Å². The van der Waals surface area contributed by atoms with Crippen LogP contribution in [0.2, 0.25) is 0 Å². The van der Waals surface area contributed by atoms with Gasteiger partial charge in [-0.05, 0) is 19.8 Å². The molecule has 2 saturated heterocycles. The zero-order chi connectivity index (χ0) is 14.9. The van der Waals surface area contributed by atoms with Crippen molar-refractivity contribution in [3.63, 3.8) is 0 Å². The number of rotatable bonds is 6. The van der Waals surface area contributed by atoms with Crippen LogP contribution in [-0.2, 0) is 28.5 Å². The van der Waals surface area contributed by atoms with E-state index in [0.717, 1.165) is 6.42 Å². The van der Waals surface area contributed by atoms with Crippen LogP contribution in [-0.4, -0.2) is 50.6 Å². The molecule has 0 aromatic carbocycles. The first kappa shape index (κ1) is 14.5. The fraction of sp³-hybridized carbons (Fsp3) is 0.733. The van der Waals surface area contributed by atoms with Gasteiger partial charge in [-0.3, -0.25) is 9.59 Å². The Morgan fingerprint density at radius 2 is 1.81 bits per heavy atom. The summed E-state index contributed by atoms with van der Waals surface area (Å²) >= 11 is 0. The molecular weight excluding hydrogens is 276 g/mol. The van der Waals surface area contributed by atoms with Crippen LogP contribution in [0.15, 0.2) is 12.2 Å². The summed E-state index contributed by atoms with van der Waals surface area (Å²) in [6.45, 7) is 3.55. The predicted octanol–water partition coefficient (Wildman–Crippen LogP) is 0.843. The molecule has 1 aliphatic carbocycles. The van der Waals surface area contributed by atoms with E-state index in [0.29, 0.717) is 19.6 Å². The fourth-order valence-corrected chi connectivity index (χ4v) is 2.48. The number of hydrogen-bond acceptors (Lipinski definition) is 6. The predicted molar refractivity (Wildman–Crippen MR) is 71.4 cm³/mol. The minimum atomic E-state index is -0.870. The van der Waals surface area contributed by atoms with Crippen LogP contribution in [0.4, 0.5) is 0 Å². The van der Waals surface area contributed by atoms with E-state index in [1.54, 1.807) is 13.0 Å². The van der Waals surface area contributed by atoms with E-state index in [9.17, 15) is 9.59 Å². The van der Waals surface area contributed by atoms with Gasteiger partial charge < -0.3 is 18.9 Å². The Morgan fingerprint density at radius 1 is 1.19 bits per heavy atom. The molecule has 0 saturated carbocycles. The number of carbonyl (C=O) groups excluding carboxylic acids is 2. The largest absolute Gasteiger partial charge is 0.462 e. The van der Waals surface area contributed by atoms with E-state index in [4.69, 9.17) is 18.9 Å². The van der Waals surface area contributed by atoms with E-state index in [1.807, 2.05) is 6.08 Å². The summed E-state index contributed by atoms with van der Waals surface area (Å²) < 4.78 is 20.6. The molecule has 0 amide bonds. The lowest BCUT2D eigenvalue weighted by atomic mass is 9.70. The van der Waals surface area contributed by atoms with E-state index in [1.165, 1.54) is 0 Å². The van der Waals surface area contributed by atoms with Gasteiger partial charge in [0, 0.05) is 0 Å². The summed E-state index contributed by atoms with van der Waals surface area (Å²) in [5.74, 6) is -1.34. The van der Waals surface area contributed by atoms with Crippen LogP contribution in [0.3, 0.4) is 0 Å². The maximum Gasteiger partial charge on any atom is 0.314 e. The summed E-state index contributed by atoms with van der Waals surface area (Å²) in [5, 5.41) is 0. The highest BCUT2D eigenvalue weighted by Gasteiger charge is 2.47. The van der Waals surface area contributed by atoms with Crippen LogP contribution in [0.5, 0.6) is 0 Å². The average Bonchev–Trinajstić information content (AvgIpc) is 3.37. The van der Waals surface area contributed by atoms with Gasteiger partial charge >= 0.3 is 11.9 Å². The summed E-state index contributed by atoms with van der Waals surface area (Å²) in [6, 6.07) is 0. The SMILES string of the molecule is CC1(C(=O)OCC2CO2)CCC=CC1C(=O)OCC1CO1. The van der Waals surface area contributed by atoms with Crippen LogP contribution < -0.4 is 0 Å². The molecule has 116 valence electrons. The average molecular weight is 296 g/mol. The van der Waals surface area contributed by atoms with Gasteiger partial charge in [0.15, 0.2) is 0 Å². The number of esters is 2. The highest BCUT2D eigenvalue weighted by molar-refractivity contribution is 5.86. The molecule has 2 fully saturated rings. The van der Waals surface area contributed by atoms with Gasteiger partial charge in [0.25, 0.3) is 0 Å². The van der Waals surface area contributed by atoms with Crippen molar-refractivity contribution in [2.45, 2.75) is 32.0 Å². The Morgan fingerprint density at radius 3 is 2.43 bits per heavy atom. The van der Waals surface area contributed by atoms with E-state index >= 15 is 0 Å². The first-order chi connectivity index (χ1) is 10.1. The maximum atomic E-state index is 12.4. The van der Waals surface area contributed by atoms with Crippen LogP contribution in [0.1, 0.15) is 19.8 Å². The van der Waals surface area contributed by atoms with E-state index < -0.39 is 11.3 Å². The van der Waals surface area contributed by atoms with Crippen molar-refractivity contribution >= 4 is 11.9 Å². The second kappa shape index (κ2) is 5.77. The van der Waals surface area contributed by atoms with E-state index in [-0.39, 0.29) is 37.4 Å². The molecule has 0 bridgehead atoms. The minimum absolute atomic E-state index is 0.0201. The zero-order valence-electron chi connectivity index (χ0n) is 12.1. The standard InChI is InChI=1S/C15H20O6/c1-15(14(17)21-9-11-7-19-11)5-3-2-4-12(15)13(16)20-8-10-6-18-10/h2,4,10-12H,3,5-9H2,1H3. The lowest BCUT2D eigenvalue weighted by Gasteiger charge is -2.34. The summed E-state index contributed by atoms with van der Waals surface area (Å²) in [5.41, 5.74) is -0.870. The number of allylic oxidation sites excluding steroid dienone is 1. The number of ether oxygens (including phenoxy) is 4. The quantitative estimate of drug-likeness (QED) is 0.411. The molecule has 0 spiro atoms. The van der Waals surface area contributed by atoms with Crippen molar-refractivity contribution in [3.8, 4) is 0 Å². The molecule has 6 heteroatoms. The Balaban J connectivity index is 1.62. The zero-order valence-corrected chi connectivity index (χ0v) is 12.1. The van der Waals surface area contributed by atoms with Crippen LogP contribution in [0, 0.1) is 11.3 Å². The van der Waals surface area contributed by atoms with Crippen molar-refractivity contribution in [3.05, 3.63) is 12.2 Å². The first-order valence-corrected chi connectivity index (χ1v) is 7.33. The lowest BCUT2D eigenvalue weighted by Crippen LogP contribution is -2.43. The molecule has 0 radical (unpaired) electrons. The van der Waals surface area contributed by atoms with Crippen molar-refractivity contribution < 1.29 is 28.5 Å². The second-order valence-electron chi connectivity index (χ2n) is 6.00. The molecule has 4 unspecified atom stereocenters. The fourth-order valence-electron chi connectivity index (χ4n) is 2.48. The number of hydrogen-bond donors (Lipinski definition) is 0. The van der Waals surface area contributed by atoms with Crippen molar-refractivity contribution in [1.29, 1.82) is 0 Å². The van der Waals surface area contributed by atoms with E-state index in [2.05, 4.69) is 0 Å². The smallest absolute Gasteiger partial charge is 0.314 e. The molecule has 6 nitrogen and oxygen atoms in total. The third-order valence-electron chi connectivity index (χ3n) is 4.18. The van der Waals surface area contributed by atoms with Gasteiger partial charge in [0.1, 0.15) is 25.4 Å². The molecule has 21 heavy (non-hydrogen) atoms. The van der Waals surface area contributed by atoms with Gasteiger partial charge in [-0.15, -0.1) is 0 Å². The van der Waals surface area contributed by atoms with Gasteiger partial charge in [-0.25, -0.2) is 0 Å². The summed E-state index contributed by atoms with van der Waals surface area (Å²) in [6.07, 6.45) is 5.04. The van der Waals surface area contributed by atoms with Gasteiger partial charge in [0.05, 0.1) is 24.5 Å². The molecule has 2 heterocycles. The third-order valence-corrected chi connectivity index (χ3v) is 4.18. The Hall–Kier alpha value is -1.40. The topological polar surface area (TPSA) is 77.7 Å². The van der Waals surface area contributed by atoms with Crippen molar-refractivity contribution in [2.24, 2.45) is 11.3 Å². The molecule has 3 rings (SSSR count). The Labute approximate surface area is 123 Å². The molecular formula is C15H20O6. The van der Waals surface area contributed by atoms with Gasteiger partial charge in [0.2, 0.25) is 0 Å². The molecule has 0 aromatic rings. The van der Waals surface area contributed by atoms with Crippen molar-refractivity contribution in [1.82, 2.24) is 0 Å². The normalized spacial score (nSPS) is 36.9. The number of epoxide rings is 2. The summed E-state index contributed by atoms with van der Waals surface area (Å²) in [4.78, 5) is 24.6. The third kappa shape index (κ3) is 3.44. The van der Waals surface area contributed by atoms with Gasteiger partial charge in [-0.1, -0.05) is 12.2 Å². The molecule has 4 atom stereocenters. The highest BCUT2D eigenvalue weighted by Crippen LogP contribution is 2.39.